The fourth-order valence-electron chi connectivity index (χ4n) is 2.77. The monoisotopic (exact) mass is 232 g/mol. The van der Waals surface area contributed by atoms with E-state index < -0.39 is 0 Å². The molecule has 1 aliphatic rings. The van der Waals surface area contributed by atoms with Crippen LogP contribution in [-0.4, -0.2) is 11.5 Å². The van der Waals surface area contributed by atoms with Crippen molar-refractivity contribution in [3.63, 3.8) is 0 Å². The third-order valence-electron chi connectivity index (χ3n) is 4.15. The van der Waals surface area contributed by atoms with Gasteiger partial charge >= 0.3 is 0 Å². The fourth-order valence-corrected chi connectivity index (χ4v) is 2.77. The predicted octanol–water partition coefficient (Wildman–Crippen LogP) is 4.02. The van der Waals surface area contributed by atoms with Crippen molar-refractivity contribution in [3.05, 3.63) is 24.0 Å². The topological polar surface area (TPSA) is 24.9 Å². The summed E-state index contributed by atoms with van der Waals surface area (Å²) in [5, 5.41) is 3.58. The third-order valence-corrected chi connectivity index (χ3v) is 4.15. The summed E-state index contributed by atoms with van der Waals surface area (Å²) in [6, 6.07) is 2.08. The van der Waals surface area contributed by atoms with Crippen LogP contribution in [0.4, 0.5) is 5.69 Å². The molecule has 1 aromatic rings. The van der Waals surface area contributed by atoms with E-state index in [-0.39, 0.29) is 0 Å². The zero-order valence-corrected chi connectivity index (χ0v) is 11.1. The molecule has 0 aliphatic heterocycles. The molecular weight excluding hydrogens is 208 g/mol. The molecule has 0 bridgehead atoms. The molecule has 2 heteroatoms. The highest BCUT2D eigenvalue weighted by Crippen LogP contribution is 2.30. The summed E-state index contributed by atoms with van der Waals surface area (Å²) in [7, 11) is 0. The number of hydrogen-bond acceptors (Lipinski definition) is 2. The van der Waals surface area contributed by atoms with Crippen molar-refractivity contribution < 1.29 is 0 Å². The highest BCUT2D eigenvalue weighted by atomic mass is 14.9. The maximum absolute atomic E-state index is 4.12. The highest BCUT2D eigenvalue weighted by molar-refractivity contribution is 5.48. The van der Waals surface area contributed by atoms with Crippen molar-refractivity contribution >= 4 is 5.69 Å². The van der Waals surface area contributed by atoms with Gasteiger partial charge in [-0.05, 0) is 43.2 Å². The van der Waals surface area contributed by atoms with Gasteiger partial charge in [-0.25, -0.2) is 0 Å². The number of anilines is 1. The molecule has 0 atom stereocenters. The molecule has 0 spiro atoms. The quantitative estimate of drug-likeness (QED) is 0.848. The van der Waals surface area contributed by atoms with Crippen molar-refractivity contribution in [3.8, 4) is 0 Å². The van der Waals surface area contributed by atoms with E-state index in [2.05, 4.69) is 30.2 Å². The summed E-state index contributed by atoms with van der Waals surface area (Å²) in [5.74, 6) is 1.86. The van der Waals surface area contributed by atoms with Gasteiger partial charge in [-0.15, -0.1) is 0 Å². The lowest BCUT2D eigenvalue weighted by Gasteiger charge is -2.28. The lowest BCUT2D eigenvalue weighted by molar-refractivity contribution is 0.278. The molecule has 17 heavy (non-hydrogen) atoms. The van der Waals surface area contributed by atoms with Gasteiger partial charge in [-0.2, -0.15) is 0 Å². The normalized spacial score (nSPS) is 24.6. The Bertz CT molecular complexity index is 341. The van der Waals surface area contributed by atoms with Crippen LogP contribution in [0, 0.1) is 18.8 Å². The molecular formula is C15H24N2. The van der Waals surface area contributed by atoms with E-state index in [1.54, 1.807) is 0 Å². The van der Waals surface area contributed by atoms with E-state index in [4.69, 9.17) is 0 Å². The van der Waals surface area contributed by atoms with Crippen LogP contribution in [-0.2, 0) is 0 Å². The second-order valence-electron chi connectivity index (χ2n) is 5.37. The summed E-state index contributed by atoms with van der Waals surface area (Å²) in [6.07, 6.45) is 10.8. The van der Waals surface area contributed by atoms with E-state index in [1.165, 1.54) is 43.4 Å². The van der Waals surface area contributed by atoms with Crippen LogP contribution in [0.1, 0.15) is 44.6 Å². The first-order chi connectivity index (χ1) is 8.29. The Morgan fingerprint density at radius 3 is 2.59 bits per heavy atom. The number of pyridine rings is 1. The molecule has 2 nitrogen and oxygen atoms in total. The Balaban J connectivity index is 1.78. The van der Waals surface area contributed by atoms with Crippen LogP contribution in [0.2, 0.25) is 0 Å². The van der Waals surface area contributed by atoms with E-state index >= 15 is 0 Å². The van der Waals surface area contributed by atoms with Crippen LogP contribution in [0.15, 0.2) is 18.5 Å². The van der Waals surface area contributed by atoms with E-state index in [0.717, 1.165) is 18.4 Å². The Kier molecular flexibility index (Phi) is 4.41. The second-order valence-corrected chi connectivity index (χ2v) is 5.37. The van der Waals surface area contributed by atoms with Gasteiger partial charge in [-0.1, -0.05) is 26.2 Å². The van der Waals surface area contributed by atoms with Crippen LogP contribution in [0.25, 0.3) is 0 Å². The van der Waals surface area contributed by atoms with Crippen molar-refractivity contribution in [2.45, 2.75) is 46.0 Å². The molecule has 0 radical (unpaired) electrons. The lowest BCUT2D eigenvalue weighted by Crippen LogP contribution is -2.21. The summed E-state index contributed by atoms with van der Waals surface area (Å²) < 4.78 is 0. The number of hydrogen-bond donors (Lipinski definition) is 1. The molecule has 0 unspecified atom stereocenters. The molecule has 1 saturated carbocycles. The zero-order chi connectivity index (χ0) is 12.1. The van der Waals surface area contributed by atoms with Crippen molar-refractivity contribution in [1.82, 2.24) is 4.98 Å². The molecule has 1 aliphatic carbocycles. The van der Waals surface area contributed by atoms with Crippen molar-refractivity contribution in [2.75, 3.05) is 11.9 Å². The number of rotatable bonds is 4. The second kappa shape index (κ2) is 6.04. The van der Waals surface area contributed by atoms with E-state index in [1.807, 2.05) is 12.4 Å². The minimum absolute atomic E-state index is 0.866. The first kappa shape index (κ1) is 12.4. The summed E-state index contributed by atoms with van der Waals surface area (Å²) in [6.45, 7) is 5.56. The maximum atomic E-state index is 4.12. The van der Waals surface area contributed by atoms with Crippen LogP contribution < -0.4 is 5.32 Å². The number of aryl methyl sites for hydroxylation is 1. The molecule has 94 valence electrons. The summed E-state index contributed by atoms with van der Waals surface area (Å²) >= 11 is 0. The Hall–Kier alpha value is -1.05. The fraction of sp³-hybridized carbons (Fsp3) is 0.667. The van der Waals surface area contributed by atoms with Gasteiger partial charge in [0.25, 0.3) is 0 Å². The molecule has 2 rings (SSSR count). The van der Waals surface area contributed by atoms with Crippen LogP contribution >= 0.6 is 0 Å². The molecule has 0 aromatic carbocycles. The van der Waals surface area contributed by atoms with Gasteiger partial charge in [0.2, 0.25) is 0 Å². The average molecular weight is 232 g/mol. The summed E-state index contributed by atoms with van der Waals surface area (Å²) in [5.41, 5.74) is 2.49. The summed E-state index contributed by atoms with van der Waals surface area (Å²) in [4.78, 5) is 4.12. The van der Waals surface area contributed by atoms with E-state index in [0.29, 0.717) is 0 Å². The van der Waals surface area contributed by atoms with Gasteiger partial charge in [0.05, 0.1) is 0 Å². The molecule has 1 fully saturated rings. The first-order valence-electron chi connectivity index (χ1n) is 6.94. The lowest BCUT2D eigenvalue weighted by atomic mass is 9.81. The zero-order valence-electron chi connectivity index (χ0n) is 11.1. The molecule has 1 heterocycles. The van der Waals surface area contributed by atoms with Gasteiger partial charge < -0.3 is 5.32 Å². The number of aromatic nitrogens is 1. The van der Waals surface area contributed by atoms with Gasteiger partial charge in [-0.3, -0.25) is 4.98 Å². The molecule has 0 amide bonds. The minimum atomic E-state index is 0.866. The highest BCUT2D eigenvalue weighted by Gasteiger charge is 2.19. The molecule has 0 saturated heterocycles. The SMILES string of the molecule is CCC1CCC(CNc2ccncc2C)CC1. The Labute approximate surface area is 105 Å². The Morgan fingerprint density at radius 1 is 1.24 bits per heavy atom. The number of nitrogens with zero attached hydrogens (tertiary/aromatic N) is 1. The minimum Gasteiger partial charge on any atom is -0.384 e. The largest absolute Gasteiger partial charge is 0.384 e. The smallest absolute Gasteiger partial charge is 0.0400 e. The maximum Gasteiger partial charge on any atom is 0.0400 e. The molecule has 1 aromatic heterocycles. The van der Waals surface area contributed by atoms with E-state index in [9.17, 15) is 0 Å². The third kappa shape index (κ3) is 3.45. The van der Waals surface area contributed by atoms with Crippen LogP contribution in [0.3, 0.4) is 0 Å². The number of nitrogens with one attached hydrogen (secondary N) is 1. The average Bonchev–Trinajstić information content (AvgIpc) is 2.38. The van der Waals surface area contributed by atoms with Crippen molar-refractivity contribution in [1.29, 1.82) is 0 Å². The predicted molar refractivity (Wildman–Crippen MR) is 73.2 cm³/mol. The molecule has 1 N–H and O–H groups in total. The van der Waals surface area contributed by atoms with Gasteiger partial charge in [0, 0.05) is 24.6 Å². The Morgan fingerprint density at radius 2 is 1.94 bits per heavy atom. The van der Waals surface area contributed by atoms with Gasteiger partial charge in [0.15, 0.2) is 0 Å². The standard InChI is InChI=1S/C15H24N2/c1-3-13-4-6-14(7-5-13)11-17-15-8-9-16-10-12(15)2/h8-10,13-14H,3-7,11H2,1-2H3,(H,16,17). The van der Waals surface area contributed by atoms with Crippen molar-refractivity contribution in [2.24, 2.45) is 11.8 Å². The first-order valence-corrected chi connectivity index (χ1v) is 6.94. The van der Waals surface area contributed by atoms with Gasteiger partial charge in [0.1, 0.15) is 0 Å². The van der Waals surface area contributed by atoms with Crippen LogP contribution in [0.5, 0.6) is 0 Å².